The van der Waals surface area contributed by atoms with Gasteiger partial charge in [0, 0.05) is 16.9 Å². The number of hydrogen-bond donors (Lipinski definition) is 6. The Kier molecular flexibility index (Phi) is 8.33. The number of carbonyl (C=O) groups excluding carboxylic acids is 2. The number of nitrogens with one attached hydrogen (secondary N) is 1. The first-order valence-corrected chi connectivity index (χ1v) is 13.9. The minimum absolute atomic E-state index is 0.0241. The molecule has 0 aliphatic carbocycles. The average molecular weight is 598 g/mol. The molecule has 1 saturated heterocycles. The molecule has 0 radical (unpaired) electrons. The summed E-state index contributed by atoms with van der Waals surface area (Å²) in [5, 5.41) is 27.5. The number of aromatic nitrogens is 1. The van der Waals surface area contributed by atoms with Gasteiger partial charge < -0.3 is 31.8 Å². The van der Waals surface area contributed by atoms with E-state index in [2.05, 4.69) is 20.4 Å². The van der Waals surface area contributed by atoms with Crippen LogP contribution in [0, 0.1) is 0 Å². The van der Waals surface area contributed by atoms with Gasteiger partial charge in [0.25, 0.3) is 11.8 Å². The SMILES string of the molecule is CC1=C(N)N=C(SCC2=C(C(=O)O)N3C(=O)C(NC(=O)/C(=N\OCC(=O)O)c4csc(N)n4)[C@@H]3SC2)N(N)C1. The lowest BCUT2D eigenvalue weighted by Crippen LogP contribution is -2.71. The largest absolute Gasteiger partial charge is 0.479 e. The number of carbonyl (C=O) groups is 4. The van der Waals surface area contributed by atoms with Crippen LogP contribution in [0.2, 0.25) is 0 Å². The number of amides is 2. The number of oxime groups is 1. The maximum Gasteiger partial charge on any atom is 0.352 e. The van der Waals surface area contributed by atoms with E-state index in [0.717, 1.165) is 21.8 Å². The number of hydrazine groups is 1. The van der Waals surface area contributed by atoms with Crippen molar-refractivity contribution in [2.75, 3.05) is 30.4 Å². The first-order valence-electron chi connectivity index (χ1n) is 11.0. The predicted octanol–water partition coefficient (Wildman–Crippen LogP) is -1.26. The molecule has 1 fully saturated rings. The van der Waals surface area contributed by atoms with E-state index in [0.29, 0.717) is 23.1 Å². The number of aliphatic carboxylic acids is 2. The third-order valence-corrected chi connectivity index (χ3v) is 8.63. The zero-order valence-corrected chi connectivity index (χ0v) is 22.6. The van der Waals surface area contributed by atoms with Gasteiger partial charge in [0.1, 0.15) is 28.6 Å². The summed E-state index contributed by atoms with van der Waals surface area (Å²) in [7, 11) is 0. The number of amidine groups is 1. The van der Waals surface area contributed by atoms with E-state index in [1.807, 2.05) is 0 Å². The van der Waals surface area contributed by atoms with Gasteiger partial charge in [-0.1, -0.05) is 16.9 Å². The molecule has 0 bridgehead atoms. The van der Waals surface area contributed by atoms with Gasteiger partial charge in [0.15, 0.2) is 16.0 Å². The van der Waals surface area contributed by atoms with Crippen LogP contribution in [-0.4, -0.2) is 95.8 Å². The molecule has 0 spiro atoms. The van der Waals surface area contributed by atoms with Gasteiger partial charge >= 0.3 is 11.9 Å². The smallest absolute Gasteiger partial charge is 0.352 e. The molecule has 2 atom stereocenters. The average Bonchev–Trinajstić information content (AvgIpc) is 3.31. The molecular weight excluding hydrogens is 574 g/mol. The molecule has 1 aromatic heterocycles. The van der Waals surface area contributed by atoms with Crippen molar-refractivity contribution in [1.29, 1.82) is 0 Å². The maximum atomic E-state index is 13.0. The number of anilines is 1. The summed E-state index contributed by atoms with van der Waals surface area (Å²) in [6.45, 7) is 1.37. The Hall–Kier alpha value is -3.81. The number of hydrogen-bond acceptors (Lipinski definition) is 15. The number of thioether (sulfide) groups is 2. The van der Waals surface area contributed by atoms with Gasteiger partial charge in [0.05, 0.1) is 6.54 Å². The van der Waals surface area contributed by atoms with Crippen LogP contribution >= 0.6 is 34.9 Å². The van der Waals surface area contributed by atoms with Gasteiger partial charge in [-0.05, 0) is 18.1 Å². The first-order chi connectivity index (χ1) is 18.5. The normalized spacial score (nSPS) is 21.3. The van der Waals surface area contributed by atoms with E-state index in [-0.39, 0.29) is 33.7 Å². The van der Waals surface area contributed by atoms with E-state index < -0.39 is 41.8 Å². The van der Waals surface area contributed by atoms with Crippen molar-refractivity contribution in [2.45, 2.75) is 18.3 Å². The number of nitrogens with two attached hydrogens (primary N) is 3. The summed E-state index contributed by atoms with van der Waals surface area (Å²) in [4.78, 5) is 63.0. The van der Waals surface area contributed by atoms with Crippen molar-refractivity contribution in [2.24, 2.45) is 21.7 Å². The third kappa shape index (κ3) is 5.95. The van der Waals surface area contributed by atoms with Crippen molar-refractivity contribution in [3.63, 3.8) is 0 Å². The molecule has 3 aliphatic rings. The Bertz CT molecular complexity index is 1360. The summed E-state index contributed by atoms with van der Waals surface area (Å²) >= 11 is 3.49. The molecule has 16 nitrogen and oxygen atoms in total. The Morgan fingerprint density at radius 3 is 2.72 bits per heavy atom. The fourth-order valence-corrected chi connectivity index (χ4v) is 6.65. The quantitative estimate of drug-likeness (QED) is 0.0841. The fraction of sp³-hybridized carbons (Fsp3) is 0.350. The number of β-lactam (4-membered cyclic amide) rings is 1. The fourth-order valence-electron chi connectivity index (χ4n) is 3.69. The van der Waals surface area contributed by atoms with Gasteiger partial charge in [-0.2, -0.15) is 0 Å². The lowest BCUT2D eigenvalue weighted by atomic mass is 10.0. The highest BCUT2D eigenvalue weighted by atomic mass is 32.2. The Balaban J connectivity index is 1.49. The second-order valence-corrected chi connectivity index (χ2v) is 11.2. The molecule has 1 unspecified atom stereocenters. The molecule has 19 heteroatoms. The minimum Gasteiger partial charge on any atom is -0.479 e. The number of thiazole rings is 1. The van der Waals surface area contributed by atoms with Crippen LogP contribution in [0.5, 0.6) is 0 Å². The molecule has 208 valence electrons. The van der Waals surface area contributed by atoms with Crippen molar-refractivity contribution in [1.82, 2.24) is 20.2 Å². The number of fused-ring (bicyclic) bond motifs is 1. The second kappa shape index (κ2) is 11.5. The number of rotatable bonds is 9. The van der Waals surface area contributed by atoms with Crippen LogP contribution in [0.1, 0.15) is 12.6 Å². The molecule has 3 aliphatic heterocycles. The number of nitrogen functional groups attached to an aromatic ring is 1. The molecule has 4 rings (SSSR count). The molecule has 0 saturated carbocycles. The molecule has 0 aromatic carbocycles. The molecule has 39 heavy (non-hydrogen) atoms. The lowest BCUT2D eigenvalue weighted by Gasteiger charge is -2.49. The highest BCUT2D eigenvalue weighted by Gasteiger charge is 2.54. The summed E-state index contributed by atoms with van der Waals surface area (Å²) in [6.07, 6.45) is 0. The van der Waals surface area contributed by atoms with Gasteiger partial charge in [-0.15, -0.1) is 23.1 Å². The van der Waals surface area contributed by atoms with Gasteiger partial charge in [-0.3, -0.25) is 19.5 Å². The zero-order chi connectivity index (χ0) is 28.4. The predicted molar refractivity (Wildman–Crippen MR) is 144 cm³/mol. The minimum atomic E-state index is -1.31. The van der Waals surface area contributed by atoms with Crippen molar-refractivity contribution in [3.05, 3.63) is 33.7 Å². The van der Waals surface area contributed by atoms with Crippen LogP contribution in [0.15, 0.2) is 38.2 Å². The monoisotopic (exact) mass is 597 g/mol. The van der Waals surface area contributed by atoms with Crippen molar-refractivity contribution < 1.29 is 34.2 Å². The van der Waals surface area contributed by atoms with Crippen LogP contribution in [-0.2, 0) is 24.0 Å². The highest BCUT2D eigenvalue weighted by molar-refractivity contribution is 8.14. The van der Waals surface area contributed by atoms with E-state index in [1.54, 1.807) is 6.92 Å². The van der Waals surface area contributed by atoms with Gasteiger partial charge in [0.2, 0.25) is 6.61 Å². The van der Waals surface area contributed by atoms with E-state index in [9.17, 15) is 24.3 Å². The number of carboxylic acids is 2. The standard InChI is InChI=1S/C20H23N9O7S3/c1-7-2-28(23)20(26-14(7)21)39-5-8-4-37-17-12(16(33)29(17)13(8)18(34)35)25-15(32)11(27-36-3-10(30)31)9-6-38-19(22)24-9/h6,12,17H,2-5,21,23H2,1H3,(H2,22,24)(H,25,32)(H,30,31)(H,34,35)/b27-11-/t12?,17-/m0/s1. The first kappa shape index (κ1) is 28.2. The molecule has 1 aromatic rings. The number of nitrogens with zero attached hydrogens (tertiary/aromatic N) is 5. The second-order valence-electron chi connectivity index (χ2n) is 8.27. The van der Waals surface area contributed by atoms with Crippen LogP contribution in [0.4, 0.5) is 5.13 Å². The summed E-state index contributed by atoms with van der Waals surface area (Å²) < 4.78 is 0. The van der Waals surface area contributed by atoms with E-state index in [4.69, 9.17) is 27.3 Å². The van der Waals surface area contributed by atoms with E-state index in [1.165, 1.54) is 33.9 Å². The summed E-state index contributed by atoms with van der Waals surface area (Å²) in [5.41, 5.74) is 12.3. The van der Waals surface area contributed by atoms with E-state index >= 15 is 0 Å². The van der Waals surface area contributed by atoms with Crippen LogP contribution < -0.4 is 22.6 Å². The summed E-state index contributed by atoms with van der Waals surface area (Å²) in [5.74, 6) is 2.69. The Morgan fingerprint density at radius 1 is 1.33 bits per heavy atom. The molecule has 2 amide bonds. The molecule has 4 heterocycles. The zero-order valence-electron chi connectivity index (χ0n) is 20.2. The lowest BCUT2D eigenvalue weighted by molar-refractivity contribution is -0.150. The molecule has 9 N–H and O–H groups in total. The topological polar surface area (TPSA) is 252 Å². The van der Waals surface area contributed by atoms with Crippen LogP contribution in [0.25, 0.3) is 0 Å². The highest BCUT2D eigenvalue weighted by Crippen LogP contribution is 2.41. The van der Waals surface area contributed by atoms with Crippen molar-refractivity contribution >= 4 is 74.6 Å². The Morgan fingerprint density at radius 2 is 2.08 bits per heavy atom. The summed E-state index contributed by atoms with van der Waals surface area (Å²) in [6, 6.07) is -1.07. The van der Waals surface area contributed by atoms with Crippen LogP contribution in [0.3, 0.4) is 0 Å². The Labute approximate surface area is 232 Å². The molecular formula is C20H23N9O7S3. The van der Waals surface area contributed by atoms with Crippen molar-refractivity contribution in [3.8, 4) is 0 Å². The maximum absolute atomic E-state index is 13.0. The number of aliphatic imine (C=N–C) groups is 1. The third-order valence-electron chi connectivity index (χ3n) is 5.54. The van der Waals surface area contributed by atoms with Gasteiger partial charge in [-0.25, -0.2) is 25.4 Å². The number of carboxylic acid groups (broad SMARTS) is 2.